The molecule has 2 aliphatic rings. The highest BCUT2D eigenvalue weighted by Crippen LogP contribution is 2.38. The zero-order valence-corrected chi connectivity index (χ0v) is 22.1. The minimum Gasteiger partial charge on any atom is -0.417 e. The molecule has 0 aromatic carbocycles. The molecule has 2 heterocycles. The summed E-state index contributed by atoms with van der Waals surface area (Å²) < 4.78 is 24.5. The standard InChI is InChI=1S/C23H46N2O4Si/c1-18-20(24-25-15-11-13-19(25)17-26-8)23(7,29-22(5,6)28-18)14-12-16-27-30(9,10)21(2,3)4/h18-19H,11-17H2,1-10H3/b24-20+/t18-,19-,23-/m1/s1. The molecule has 0 unspecified atom stereocenters. The lowest BCUT2D eigenvalue weighted by atomic mass is 9.89. The van der Waals surface area contributed by atoms with E-state index in [1.165, 1.54) is 0 Å². The number of hydrogen-bond donors (Lipinski definition) is 0. The van der Waals surface area contributed by atoms with E-state index in [9.17, 15) is 0 Å². The van der Waals surface area contributed by atoms with Gasteiger partial charge in [0, 0.05) is 20.3 Å². The van der Waals surface area contributed by atoms with Crippen LogP contribution in [0.4, 0.5) is 0 Å². The summed E-state index contributed by atoms with van der Waals surface area (Å²) in [4.78, 5) is 0. The van der Waals surface area contributed by atoms with Crippen LogP contribution < -0.4 is 0 Å². The van der Waals surface area contributed by atoms with Crippen molar-refractivity contribution in [3.8, 4) is 0 Å². The number of rotatable bonds is 8. The van der Waals surface area contributed by atoms with Gasteiger partial charge in [-0.3, -0.25) is 5.01 Å². The second-order valence-corrected chi connectivity index (χ2v) is 15.9. The summed E-state index contributed by atoms with van der Waals surface area (Å²) in [6.45, 7) is 22.1. The summed E-state index contributed by atoms with van der Waals surface area (Å²) in [7, 11) is 0.0176. The summed E-state index contributed by atoms with van der Waals surface area (Å²) in [5, 5.41) is 7.50. The van der Waals surface area contributed by atoms with E-state index in [0.717, 1.165) is 44.5 Å². The fourth-order valence-corrected chi connectivity index (χ4v) is 5.39. The summed E-state index contributed by atoms with van der Waals surface area (Å²) in [5.41, 5.74) is 0.509. The molecule has 0 amide bonds. The lowest BCUT2D eigenvalue weighted by Crippen LogP contribution is -2.58. The molecular formula is C23H46N2O4Si. The second kappa shape index (κ2) is 9.57. The van der Waals surface area contributed by atoms with E-state index in [0.29, 0.717) is 12.6 Å². The molecule has 0 bridgehead atoms. The zero-order valence-electron chi connectivity index (χ0n) is 21.1. The largest absolute Gasteiger partial charge is 0.417 e. The van der Waals surface area contributed by atoms with Crippen LogP contribution in [0.2, 0.25) is 18.1 Å². The molecule has 7 heteroatoms. The summed E-state index contributed by atoms with van der Waals surface area (Å²) >= 11 is 0. The fraction of sp³-hybridized carbons (Fsp3) is 0.957. The minimum atomic E-state index is -1.74. The summed E-state index contributed by atoms with van der Waals surface area (Å²) in [6, 6.07) is 0.329. The molecule has 30 heavy (non-hydrogen) atoms. The van der Waals surface area contributed by atoms with Crippen molar-refractivity contribution < 1.29 is 18.6 Å². The van der Waals surface area contributed by atoms with Crippen LogP contribution in [0.25, 0.3) is 0 Å². The van der Waals surface area contributed by atoms with Crippen LogP contribution in [-0.4, -0.2) is 69.4 Å². The van der Waals surface area contributed by atoms with Gasteiger partial charge in [-0.2, -0.15) is 5.10 Å². The third kappa shape index (κ3) is 6.28. The number of hydrazone groups is 1. The molecule has 6 nitrogen and oxygen atoms in total. The smallest absolute Gasteiger partial charge is 0.191 e. The van der Waals surface area contributed by atoms with E-state index >= 15 is 0 Å². The van der Waals surface area contributed by atoms with Gasteiger partial charge < -0.3 is 18.6 Å². The van der Waals surface area contributed by atoms with E-state index in [4.69, 9.17) is 23.7 Å². The predicted octanol–water partition coefficient (Wildman–Crippen LogP) is 5.19. The van der Waals surface area contributed by atoms with Crippen molar-refractivity contribution in [3.63, 3.8) is 0 Å². The molecular weight excluding hydrogens is 396 g/mol. The highest BCUT2D eigenvalue weighted by molar-refractivity contribution is 6.74. The average Bonchev–Trinajstić information content (AvgIpc) is 3.01. The van der Waals surface area contributed by atoms with Crippen LogP contribution in [-0.2, 0) is 18.6 Å². The third-order valence-electron chi connectivity index (χ3n) is 6.87. The molecule has 0 aromatic heterocycles. The first-order valence-electron chi connectivity index (χ1n) is 11.6. The van der Waals surface area contributed by atoms with Gasteiger partial charge in [0.2, 0.25) is 0 Å². The second-order valence-electron chi connectivity index (χ2n) is 11.1. The number of methoxy groups -OCH3 is 1. The molecule has 0 aliphatic carbocycles. The Kier molecular flexibility index (Phi) is 8.22. The van der Waals surface area contributed by atoms with Crippen molar-refractivity contribution in [1.29, 1.82) is 0 Å². The predicted molar refractivity (Wildman–Crippen MR) is 126 cm³/mol. The molecule has 2 rings (SSSR count). The monoisotopic (exact) mass is 442 g/mol. The molecule has 176 valence electrons. The first-order chi connectivity index (χ1) is 13.7. The topological polar surface area (TPSA) is 52.5 Å². The van der Waals surface area contributed by atoms with Crippen molar-refractivity contribution in [1.82, 2.24) is 5.01 Å². The lowest BCUT2D eigenvalue weighted by Gasteiger charge is -2.47. The van der Waals surface area contributed by atoms with E-state index < -0.39 is 19.7 Å². The van der Waals surface area contributed by atoms with Crippen LogP contribution >= 0.6 is 0 Å². The van der Waals surface area contributed by atoms with Crippen molar-refractivity contribution in [2.24, 2.45) is 5.10 Å². The van der Waals surface area contributed by atoms with Gasteiger partial charge in [0.15, 0.2) is 14.1 Å². The maximum absolute atomic E-state index is 6.49. The highest BCUT2D eigenvalue weighted by atomic mass is 28.4. The van der Waals surface area contributed by atoms with Gasteiger partial charge in [-0.25, -0.2) is 0 Å². The van der Waals surface area contributed by atoms with Crippen LogP contribution in [0, 0.1) is 0 Å². The minimum absolute atomic E-state index is 0.0937. The maximum Gasteiger partial charge on any atom is 0.191 e. The van der Waals surface area contributed by atoms with Crippen molar-refractivity contribution in [3.05, 3.63) is 0 Å². The molecule has 2 aliphatic heterocycles. The third-order valence-corrected chi connectivity index (χ3v) is 11.4. The lowest BCUT2D eigenvalue weighted by molar-refractivity contribution is -0.280. The van der Waals surface area contributed by atoms with Gasteiger partial charge in [0.05, 0.1) is 18.4 Å². The first-order valence-corrected chi connectivity index (χ1v) is 14.5. The van der Waals surface area contributed by atoms with E-state index in [-0.39, 0.29) is 11.1 Å². The van der Waals surface area contributed by atoms with Crippen molar-refractivity contribution in [2.75, 3.05) is 26.9 Å². The SMILES string of the molecule is COC[C@H]1CCCN1/N=C1\[C@@H](C)OC(C)(C)O[C@]1(C)CCCO[Si](C)(C)C(C)(C)C. The number of nitrogens with zero attached hydrogens (tertiary/aromatic N) is 2. The maximum atomic E-state index is 6.49. The van der Waals surface area contributed by atoms with Gasteiger partial charge >= 0.3 is 0 Å². The van der Waals surface area contributed by atoms with E-state index in [2.05, 4.69) is 52.7 Å². The van der Waals surface area contributed by atoms with Gasteiger partial charge in [-0.05, 0) is 71.5 Å². The Balaban J connectivity index is 2.14. The highest BCUT2D eigenvalue weighted by Gasteiger charge is 2.47. The summed E-state index contributed by atoms with van der Waals surface area (Å²) in [6.07, 6.45) is 3.96. The van der Waals surface area contributed by atoms with Gasteiger partial charge in [-0.15, -0.1) is 0 Å². The molecule has 3 atom stereocenters. The Morgan fingerprint density at radius 1 is 1.23 bits per heavy atom. The zero-order chi connectivity index (χ0) is 22.8. The normalized spacial score (nSPS) is 31.5. The molecule has 0 saturated carbocycles. The molecule has 0 spiro atoms. The Labute approximate surface area is 185 Å². The van der Waals surface area contributed by atoms with Crippen molar-refractivity contribution >= 4 is 14.0 Å². The van der Waals surface area contributed by atoms with Crippen LogP contribution in [0.5, 0.6) is 0 Å². The van der Waals surface area contributed by atoms with Gasteiger partial charge in [0.1, 0.15) is 11.7 Å². The Hall–Kier alpha value is -0.473. The average molecular weight is 443 g/mol. The Bertz CT molecular complexity index is 603. The van der Waals surface area contributed by atoms with Crippen LogP contribution in [0.15, 0.2) is 5.10 Å². The Morgan fingerprint density at radius 2 is 1.90 bits per heavy atom. The number of ether oxygens (including phenoxy) is 3. The molecule has 2 fully saturated rings. The van der Waals surface area contributed by atoms with Gasteiger partial charge in [-0.1, -0.05) is 20.8 Å². The van der Waals surface area contributed by atoms with E-state index in [1.54, 1.807) is 7.11 Å². The molecule has 0 N–H and O–H groups in total. The quantitative estimate of drug-likeness (QED) is 0.383. The van der Waals surface area contributed by atoms with Crippen LogP contribution in [0.1, 0.15) is 74.1 Å². The fourth-order valence-electron chi connectivity index (χ4n) is 4.30. The first kappa shape index (κ1) is 25.8. The van der Waals surface area contributed by atoms with E-state index in [1.807, 2.05) is 13.8 Å². The molecule has 0 radical (unpaired) electrons. The van der Waals surface area contributed by atoms with Gasteiger partial charge in [0.25, 0.3) is 0 Å². The van der Waals surface area contributed by atoms with Crippen LogP contribution in [0.3, 0.4) is 0 Å². The Morgan fingerprint density at radius 3 is 2.50 bits per heavy atom. The van der Waals surface area contributed by atoms with Crippen molar-refractivity contribution in [2.45, 2.75) is 116 Å². The molecule has 0 aromatic rings. The number of hydrogen-bond acceptors (Lipinski definition) is 6. The molecule has 2 saturated heterocycles. The summed E-state index contributed by atoms with van der Waals surface area (Å²) in [5.74, 6) is -0.635.